The zero-order valence-corrected chi connectivity index (χ0v) is 4.29. The second-order valence-corrected chi connectivity index (χ2v) is 1.65. The fraction of sp³-hybridized carbons (Fsp3) is 0. The van der Waals surface area contributed by atoms with Crippen molar-refractivity contribution >= 4 is 10.4 Å². The van der Waals surface area contributed by atoms with Gasteiger partial charge in [0.05, 0.1) is 0 Å². The van der Waals surface area contributed by atoms with Crippen molar-refractivity contribution in [2.45, 2.75) is 0 Å². The molecule has 0 bridgehead atoms. The van der Waals surface area contributed by atoms with Crippen LogP contribution < -0.4 is 5.90 Å². The highest BCUT2D eigenvalue weighted by Gasteiger charge is 2.03. The maximum Gasteiger partial charge on any atom is 0.426 e. The van der Waals surface area contributed by atoms with E-state index in [0.29, 0.717) is 0 Å². The summed E-state index contributed by atoms with van der Waals surface area (Å²) in [5.74, 6) is 4.11. The molecule has 7 nitrogen and oxygen atoms in total. The summed E-state index contributed by atoms with van der Waals surface area (Å²) in [5.41, 5.74) is 0. The van der Waals surface area contributed by atoms with Gasteiger partial charge in [-0.25, -0.2) is 0 Å². The lowest BCUT2D eigenvalue weighted by Crippen LogP contribution is -2.07. The summed E-state index contributed by atoms with van der Waals surface area (Å²) in [6, 6.07) is 0. The van der Waals surface area contributed by atoms with Crippen LogP contribution in [0.2, 0.25) is 0 Å². The van der Waals surface area contributed by atoms with Crippen LogP contribution in [0.3, 0.4) is 0 Å². The van der Waals surface area contributed by atoms with Crippen LogP contribution in [0.15, 0.2) is 0 Å². The lowest BCUT2D eigenvalue weighted by Gasteiger charge is -1.90. The summed E-state index contributed by atoms with van der Waals surface area (Å²) in [7, 11) is -4.61. The molecule has 50 valence electrons. The third-order valence-corrected chi connectivity index (χ3v) is 0.381. The zero-order chi connectivity index (χ0) is 6.62. The summed E-state index contributed by atoms with van der Waals surface area (Å²) >= 11 is 0. The smallest absolute Gasteiger partial charge is 0.262 e. The van der Waals surface area contributed by atoms with Gasteiger partial charge in [-0.15, -0.1) is 4.99 Å². The van der Waals surface area contributed by atoms with Gasteiger partial charge in [-0.2, -0.15) is 14.3 Å². The average molecular weight is 145 g/mol. The first-order chi connectivity index (χ1) is 3.56. The van der Waals surface area contributed by atoms with E-state index in [1.807, 2.05) is 0 Å². The number of rotatable bonds is 3. The van der Waals surface area contributed by atoms with E-state index >= 15 is 0 Å². The minimum Gasteiger partial charge on any atom is -0.262 e. The van der Waals surface area contributed by atoms with Crippen LogP contribution in [-0.2, 0) is 24.8 Å². The molecule has 0 atom stereocenters. The molecule has 0 aromatic heterocycles. The van der Waals surface area contributed by atoms with Gasteiger partial charge in [0.15, 0.2) is 0 Å². The fourth-order valence-electron chi connectivity index (χ4n) is 0.0511. The normalized spacial score (nSPS) is 11.8. The molecular weight excluding hydrogens is 142 g/mol. The van der Waals surface area contributed by atoms with Gasteiger partial charge < -0.3 is 0 Å². The monoisotopic (exact) mass is 145 g/mol. The van der Waals surface area contributed by atoms with E-state index in [9.17, 15) is 8.42 Å². The van der Waals surface area contributed by atoms with Crippen LogP contribution in [0.5, 0.6) is 0 Å². The molecule has 0 aromatic rings. The molecule has 0 fully saturated rings. The Morgan fingerprint density at radius 2 is 2.00 bits per heavy atom. The minimum absolute atomic E-state index is 3.06. The lowest BCUT2D eigenvalue weighted by molar-refractivity contribution is -0.470. The molecule has 8 heteroatoms. The third-order valence-electron chi connectivity index (χ3n) is 0.153. The first-order valence-corrected chi connectivity index (χ1v) is 2.62. The molecule has 0 aliphatic carbocycles. The van der Waals surface area contributed by atoms with E-state index < -0.39 is 10.4 Å². The molecule has 3 N–H and O–H groups in total. The molecule has 0 heterocycles. The van der Waals surface area contributed by atoms with Gasteiger partial charge in [0, 0.05) is 0 Å². The van der Waals surface area contributed by atoms with E-state index in [1.54, 1.807) is 0 Å². The Kier molecular flexibility index (Phi) is 2.82. The Balaban J connectivity index is 3.42. The van der Waals surface area contributed by atoms with Gasteiger partial charge in [-0.3, -0.25) is 4.55 Å². The van der Waals surface area contributed by atoms with Crippen molar-refractivity contribution in [1.82, 2.24) is 0 Å². The number of nitrogens with two attached hydrogens (primary N) is 1. The third kappa shape index (κ3) is 5.75. The molecule has 0 saturated heterocycles. The van der Waals surface area contributed by atoms with Crippen LogP contribution in [0.25, 0.3) is 0 Å². The van der Waals surface area contributed by atoms with Crippen LogP contribution in [0.1, 0.15) is 0 Å². The lowest BCUT2D eigenvalue weighted by atomic mass is 13.5. The summed E-state index contributed by atoms with van der Waals surface area (Å²) in [4.78, 5) is 3.16. The van der Waals surface area contributed by atoms with Crippen LogP contribution in [0.4, 0.5) is 0 Å². The first-order valence-electron chi connectivity index (χ1n) is 1.25. The van der Waals surface area contributed by atoms with E-state index in [4.69, 9.17) is 4.55 Å². The van der Waals surface area contributed by atoms with Crippen molar-refractivity contribution in [2.75, 3.05) is 0 Å². The molecule has 8 heavy (non-hydrogen) atoms. The molecule has 0 unspecified atom stereocenters. The van der Waals surface area contributed by atoms with Crippen molar-refractivity contribution in [2.24, 2.45) is 5.90 Å². The molecule has 0 rings (SSSR count). The van der Waals surface area contributed by atoms with Gasteiger partial charge in [-0.05, 0) is 5.04 Å². The summed E-state index contributed by atoms with van der Waals surface area (Å²) in [5, 5.41) is 3.14. The summed E-state index contributed by atoms with van der Waals surface area (Å²) < 4.78 is 29.6. The molecule has 0 radical (unpaired) electrons. The molecule has 0 saturated carbocycles. The number of hydrogen-bond acceptors (Lipinski definition) is 6. The van der Waals surface area contributed by atoms with Crippen LogP contribution in [0, 0.1) is 0 Å². The van der Waals surface area contributed by atoms with Crippen molar-refractivity contribution in [1.29, 1.82) is 0 Å². The van der Waals surface area contributed by atoms with Gasteiger partial charge in [0.2, 0.25) is 0 Å². The molecular formula is H3NO6S. The number of hydrogen-bond donors (Lipinski definition) is 2. The van der Waals surface area contributed by atoms with Gasteiger partial charge >= 0.3 is 10.4 Å². The second kappa shape index (κ2) is 2.91. The molecule has 0 aliphatic heterocycles. The highest BCUT2D eigenvalue weighted by molar-refractivity contribution is 7.80. The first kappa shape index (κ1) is 7.75. The zero-order valence-electron chi connectivity index (χ0n) is 3.47. The SMILES string of the molecule is NOOOS(=O)(=O)O. The summed E-state index contributed by atoms with van der Waals surface area (Å²) in [6.45, 7) is 0. The molecule has 0 aliphatic rings. The molecule has 0 amide bonds. The highest BCUT2D eigenvalue weighted by atomic mass is 32.3. The Bertz CT molecular complexity index is 133. The van der Waals surface area contributed by atoms with E-state index in [2.05, 4.69) is 20.3 Å². The van der Waals surface area contributed by atoms with Crippen molar-refractivity contribution in [3.63, 3.8) is 0 Å². The summed E-state index contributed by atoms with van der Waals surface area (Å²) in [6.07, 6.45) is 0. The highest BCUT2D eigenvalue weighted by Crippen LogP contribution is 1.84. The largest absolute Gasteiger partial charge is 0.426 e. The molecule has 0 aromatic carbocycles. The van der Waals surface area contributed by atoms with Gasteiger partial charge in [0.1, 0.15) is 0 Å². The van der Waals surface area contributed by atoms with Gasteiger partial charge in [-0.1, -0.05) is 4.33 Å². The average Bonchev–Trinajstić information content (AvgIpc) is 1.59. The topological polar surface area (TPSA) is 108 Å². The van der Waals surface area contributed by atoms with Crippen molar-refractivity contribution < 1.29 is 27.3 Å². The van der Waals surface area contributed by atoms with E-state index in [-0.39, 0.29) is 0 Å². The Morgan fingerprint density at radius 3 is 2.12 bits per heavy atom. The maximum atomic E-state index is 9.46. The van der Waals surface area contributed by atoms with Crippen LogP contribution >= 0.6 is 0 Å². The maximum absolute atomic E-state index is 9.46. The standard InChI is InChI=1S/H3NO6S/c1-5-6-7-8(2,3)4/h1H2,(H,2,3,4). The minimum atomic E-state index is -4.61. The predicted octanol–water partition coefficient (Wildman–Crippen LogP) is -1.46. The fourth-order valence-corrected chi connectivity index (χ4v) is 0.153. The van der Waals surface area contributed by atoms with Crippen molar-refractivity contribution in [3.05, 3.63) is 0 Å². The van der Waals surface area contributed by atoms with E-state index in [0.717, 1.165) is 0 Å². The van der Waals surface area contributed by atoms with Crippen molar-refractivity contribution in [3.8, 4) is 0 Å². The predicted molar refractivity (Wildman–Crippen MR) is 19.0 cm³/mol. The second-order valence-electron chi connectivity index (χ2n) is 0.660. The Morgan fingerprint density at radius 1 is 1.50 bits per heavy atom. The van der Waals surface area contributed by atoms with E-state index in [1.165, 1.54) is 0 Å². The van der Waals surface area contributed by atoms with Crippen LogP contribution in [-0.4, -0.2) is 13.0 Å². The van der Waals surface area contributed by atoms with Gasteiger partial charge in [0.25, 0.3) is 0 Å². The quantitative estimate of drug-likeness (QED) is 0.284. The Labute approximate surface area is 44.7 Å². The Hall–Kier alpha value is -0.250. The molecule has 0 spiro atoms.